The number of ether oxygens (including phenoxy) is 5. The van der Waals surface area contributed by atoms with Gasteiger partial charge in [0.25, 0.3) is 0 Å². The van der Waals surface area contributed by atoms with Gasteiger partial charge >= 0.3 is 18.3 Å². The van der Waals surface area contributed by atoms with Crippen LogP contribution in [0.25, 0.3) is 0 Å². The molecule has 47 heavy (non-hydrogen) atoms. The van der Waals surface area contributed by atoms with Gasteiger partial charge in [-0.05, 0) is 18.2 Å². The number of carbonyl (C=O) groups excluding carboxylic acids is 2. The van der Waals surface area contributed by atoms with Gasteiger partial charge in [-0.15, -0.1) is 0 Å². The van der Waals surface area contributed by atoms with Crippen molar-refractivity contribution in [1.82, 2.24) is 10.2 Å². The van der Waals surface area contributed by atoms with Crippen molar-refractivity contribution in [2.45, 2.75) is 39.3 Å². The molecule has 0 unspecified atom stereocenters. The molecule has 0 atom stereocenters. The Labute approximate surface area is 269 Å². The minimum absolute atomic E-state index is 0. The van der Waals surface area contributed by atoms with Gasteiger partial charge in [-0.1, -0.05) is 25.6 Å². The molecule has 2 aromatic rings. The van der Waals surface area contributed by atoms with Gasteiger partial charge in [0.15, 0.2) is 0 Å². The Morgan fingerprint density at radius 2 is 1.26 bits per heavy atom. The average Bonchev–Trinajstić information content (AvgIpc) is 2.99. The summed E-state index contributed by atoms with van der Waals surface area (Å²) in [7, 11) is 7.09. The van der Waals surface area contributed by atoms with E-state index in [-0.39, 0.29) is 43.9 Å². The van der Waals surface area contributed by atoms with Gasteiger partial charge in [0.1, 0.15) is 29.4 Å². The topological polar surface area (TPSA) is 95.6 Å². The summed E-state index contributed by atoms with van der Waals surface area (Å²) >= 11 is 0. The van der Waals surface area contributed by atoms with Crippen LogP contribution in [0.5, 0.6) is 23.0 Å². The normalized spacial score (nSPS) is 11.0. The summed E-state index contributed by atoms with van der Waals surface area (Å²) < 4.78 is 97.5. The Morgan fingerprint density at radius 1 is 0.766 bits per heavy atom. The molecule has 0 radical (unpaired) electrons. The van der Waals surface area contributed by atoms with E-state index in [2.05, 4.69) is 10.1 Å². The number of nitrogens with one attached hydrogen (secondary N) is 1. The highest BCUT2D eigenvalue weighted by Gasteiger charge is 2.24. The van der Waals surface area contributed by atoms with Crippen molar-refractivity contribution in [1.29, 1.82) is 0 Å². The lowest BCUT2D eigenvalue weighted by molar-refractivity contribution is -0.146. The molecule has 0 spiro atoms. The highest BCUT2D eigenvalue weighted by molar-refractivity contribution is 5.94. The van der Waals surface area contributed by atoms with Crippen molar-refractivity contribution in [3.63, 3.8) is 0 Å². The number of nitrogens with zero attached hydrogens (tertiary/aromatic N) is 1. The van der Waals surface area contributed by atoms with Crippen LogP contribution in [0.15, 0.2) is 60.7 Å². The van der Waals surface area contributed by atoms with Crippen LogP contribution in [-0.4, -0.2) is 77.8 Å². The Balaban J connectivity index is 0. The van der Waals surface area contributed by atoms with Crippen LogP contribution in [0.4, 0.5) is 31.0 Å². The number of methoxy groups -OCH3 is 5. The van der Waals surface area contributed by atoms with Crippen LogP contribution in [0.3, 0.4) is 0 Å². The highest BCUT2D eigenvalue weighted by atomic mass is 19.4. The summed E-state index contributed by atoms with van der Waals surface area (Å²) in [5, 5.41) is 2.88. The summed E-state index contributed by atoms with van der Waals surface area (Å²) in [6, 6.07) is 10.1. The molecule has 0 bridgehead atoms. The Bertz CT molecular complexity index is 1280. The second-order valence-corrected chi connectivity index (χ2v) is 8.90. The van der Waals surface area contributed by atoms with E-state index in [0.29, 0.717) is 35.1 Å². The molecule has 0 aliphatic carbocycles. The maximum atomic E-state index is 12.3. The lowest BCUT2D eigenvalue weighted by atomic mass is 10.1. The van der Waals surface area contributed by atoms with Gasteiger partial charge in [0.05, 0.1) is 35.5 Å². The van der Waals surface area contributed by atoms with Crippen LogP contribution in [0, 0.1) is 0 Å². The Kier molecular flexibility index (Phi) is 21.0. The zero-order valence-electron chi connectivity index (χ0n) is 25.8. The van der Waals surface area contributed by atoms with Gasteiger partial charge in [-0.3, -0.25) is 14.3 Å². The van der Waals surface area contributed by atoms with E-state index in [9.17, 15) is 35.9 Å². The molecule has 16 heteroatoms. The smallest absolute Gasteiger partial charge is 0.409 e. The van der Waals surface area contributed by atoms with Crippen LogP contribution < -0.4 is 24.3 Å². The van der Waals surface area contributed by atoms with Gasteiger partial charge in [0, 0.05) is 61.6 Å². The Hall–Kier alpha value is -4.47. The lowest BCUT2D eigenvalue weighted by Crippen LogP contribution is -2.32. The van der Waals surface area contributed by atoms with Gasteiger partial charge in [0.2, 0.25) is 5.91 Å². The number of amides is 1. The number of esters is 1. The molecule has 0 saturated carbocycles. The number of halogens is 7. The lowest BCUT2D eigenvalue weighted by Gasteiger charge is -2.22. The molecular weight excluding hydrogens is 645 g/mol. The number of carbonyl (C=O) groups is 2. The first kappa shape index (κ1) is 44.7. The fraction of sp³-hybridized carbons (Fsp3) is 0.419. The molecule has 0 heterocycles. The maximum Gasteiger partial charge on any atom is 0.409 e. The summed E-state index contributed by atoms with van der Waals surface area (Å²) in [5.74, 6) is 0.780. The van der Waals surface area contributed by atoms with Crippen molar-refractivity contribution in [2.75, 3.05) is 48.6 Å². The SMILES string of the molecule is C.COC(=O)CC(=O)N(C/C=C/C(F)(F)F)Cc1ccc(OC)cc1OC.COc1ccc(CNC/C=C/C(F)(F)F)c(OC)c1.F. The average molecular weight is 687 g/mol. The maximum absolute atomic E-state index is 12.3. The Morgan fingerprint density at radius 3 is 1.72 bits per heavy atom. The van der Waals surface area contributed by atoms with Crippen LogP contribution in [0.2, 0.25) is 0 Å². The fourth-order valence-electron chi connectivity index (χ4n) is 3.54. The van der Waals surface area contributed by atoms with Crippen molar-refractivity contribution < 1.29 is 64.3 Å². The first-order valence-electron chi connectivity index (χ1n) is 13.1. The fourth-order valence-corrected chi connectivity index (χ4v) is 3.54. The zero-order chi connectivity index (χ0) is 34.0. The van der Waals surface area contributed by atoms with Gasteiger partial charge < -0.3 is 33.9 Å². The number of hydrogen-bond donors (Lipinski definition) is 1. The minimum atomic E-state index is -4.49. The van der Waals surface area contributed by atoms with Crippen LogP contribution in [-0.2, 0) is 27.4 Å². The number of hydrogen-bond acceptors (Lipinski definition) is 8. The number of alkyl halides is 6. The zero-order valence-corrected chi connectivity index (χ0v) is 25.8. The standard InChI is InChI=1S/C17H20F3NO5.C13H16F3NO2.CH4.FH/c1-24-13-6-5-12(14(9-13)25-2)11-21(8-4-7-17(18,19)20)15(22)10-16(23)26-3;1-18-11-5-4-10(12(8-11)19-2)9-17-7-3-6-13(14,15)16;;/h4-7,9H,8,10-11H2,1-3H3;3-6,8,17H,7,9H2,1-2H3;1H4;1H/b7-4+;6-3+;;. The first-order chi connectivity index (χ1) is 21.2. The summed E-state index contributed by atoms with van der Waals surface area (Å²) in [6.45, 7) is 0.166. The summed E-state index contributed by atoms with van der Waals surface area (Å²) in [5.41, 5.74) is 1.40. The van der Waals surface area contributed by atoms with Crippen molar-refractivity contribution in [3.8, 4) is 23.0 Å². The molecular formula is C31H41F7N2O7. The molecule has 0 aliphatic heterocycles. The third kappa shape index (κ3) is 18.3. The van der Waals surface area contributed by atoms with E-state index in [0.717, 1.165) is 29.7 Å². The summed E-state index contributed by atoms with van der Waals surface area (Å²) in [4.78, 5) is 24.7. The van der Waals surface area contributed by atoms with Crippen LogP contribution in [0.1, 0.15) is 25.0 Å². The van der Waals surface area contributed by atoms with Crippen molar-refractivity contribution in [3.05, 3.63) is 71.8 Å². The molecule has 0 saturated heterocycles. The predicted molar refractivity (Wildman–Crippen MR) is 162 cm³/mol. The van der Waals surface area contributed by atoms with E-state index < -0.39 is 30.6 Å². The molecule has 266 valence electrons. The second-order valence-electron chi connectivity index (χ2n) is 8.90. The molecule has 0 aliphatic rings. The monoisotopic (exact) mass is 686 g/mol. The largest absolute Gasteiger partial charge is 0.497 e. The van der Waals surface area contributed by atoms with Crippen LogP contribution >= 0.6 is 0 Å². The second kappa shape index (κ2) is 22.1. The third-order valence-corrected chi connectivity index (χ3v) is 5.74. The van der Waals surface area contributed by atoms with Crippen molar-refractivity contribution >= 4 is 11.9 Å². The van der Waals surface area contributed by atoms with E-state index in [1.807, 2.05) is 0 Å². The highest BCUT2D eigenvalue weighted by Crippen LogP contribution is 2.27. The predicted octanol–water partition coefficient (Wildman–Crippen LogP) is 6.41. The molecule has 1 N–H and O–H groups in total. The van der Waals surface area contributed by atoms with E-state index in [1.165, 1.54) is 21.3 Å². The van der Waals surface area contributed by atoms with Gasteiger partial charge in [-0.2, -0.15) is 26.3 Å². The third-order valence-electron chi connectivity index (χ3n) is 5.74. The number of allylic oxidation sites excluding steroid dienone is 2. The molecule has 1 amide bonds. The molecule has 2 rings (SSSR count). The van der Waals surface area contributed by atoms with E-state index >= 15 is 0 Å². The van der Waals surface area contributed by atoms with Crippen molar-refractivity contribution in [2.24, 2.45) is 0 Å². The number of benzene rings is 2. The minimum Gasteiger partial charge on any atom is -0.497 e. The van der Waals surface area contributed by atoms with Gasteiger partial charge in [-0.25, -0.2) is 0 Å². The molecule has 0 aromatic heterocycles. The van der Waals surface area contributed by atoms with E-state index in [1.54, 1.807) is 43.5 Å². The summed E-state index contributed by atoms with van der Waals surface area (Å²) in [6.07, 6.45) is -7.23. The van der Waals surface area contributed by atoms with E-state index in [4.69, 9.17) is 18.9 Å². The molecule has 0 fully saturated rings. The molecule has 2 aromatic carbocycles. The molecule has 9 nitrogen and oxygen atoms in total. The quantitative estimate of drug-likeness (QED) is 0.0801. The number of rotatable bonds is 14. The first-order valence-corrected chi connectivity index (χ1v) is 13.1.